The van der Waals surface area contributed by atoms with Crippen molar-refractivity contribution in [2.24, 2.45) is 0 Å². The molecule has 1 amide bonds. The van der Waals surface area contributed by atoms with Crippen LogP contribution in [0, 0.1) is 0 Å². The molecule has 1 unspecified atom stereocenters. The van der Waals surface area contributed by atoms with E-state index >= 15 is 0 Å². The number of carbonyl (C=O) groups excluding carboxylic acids is 1. The molecule has 1 aliphatic rings. The van der Waals surface area contributed by atoms with Crippen molar-refractivity contribution in [2.75, 3.05) is 37.7 Å². The molecule has 4 rings (SSSR count). The summed E-state index contributed by atoms with van der Waals surface area (Å²) < 4.78 is 5.36. The van der Waals surface area contributed by atoms with Gasteiger partial charge in [-0.1, -0.05) is 48.7 Å². The molecule has 1 atom stereocenters. The Balaban J connectivity index is 1.62. The van der Waals surface area contributed by atoms with Crippen molar-refractivity contribution >= 4 is 46.0 Å². The Kier molecular flexibility index (Phi) is 7.53. The summed E-state index contributed by atoms with van der Waals surface area (Å²) in [5, 5.41) is 12.1. The van der Waals surface area contributed by atoms with Gasteiger partial charge >= 0.3 is 6.09 Å². The van der Waals surface area contributed by atoms with Gasteiger partial charge in [0.25, 0.3) is 0 Å². The topological polar surface area (TPSA) is 78.8 Å². The van der Waals surface area contributed by atoms with Gasteiger partial charge in [0.05, 0.1) is 29.8 Å². The van der Waals surface area contributed by atoms with E-state index in [0.29, 0.717) is 36.3 Å². The monoisotopic (exact) mass is 488 g/mol. The minimum Gasteiger partial charge on any atom is -0.449 e. The first-order valence-corrected chi connectivity index (χ1v) is 11.8. The van der Waals surface area contributed by atoms with Crippen molar-refractivity contribution in [1.29, 1.82) is 0 Å². The first kappa shape index (κ1) is 23.5. The van der Waals surface area contributed by atoms with Gasteiger partial charge in [0, 0.05) is 35.6 Å². The highest BCUT2D eigenvalue weighted by Crippen LogP contribution is 2.35. The van der Waals surface area contributed by atoms with E-state index < -0.39 is 0 Å². The predicted octanol–water partition coefficient (Wildman–Crippen LogP) is 5.02. The first-order chi connectivity index (χ1) is 16.0. The number of hydrogen-bond donors (Lipinski definition) is 1. The fourth-order valence-corrected chi connectivity index (χ4v) is 4.39. The molecule has 2 aromatic carbocycles. The summed E-state index contributed by atoms with van der Waals surface area (Å²) in [4.78, 5) is 25.1. The second-order valence-electron chi connectivity index (χ2n) is 8.00. The first-order valence-electron chi connectivity index (χ1n) is 11.0. The quantitative estimate of drug-likeness (QED) is 0.490. The van der Waals surface area contributed by atoms with Crippen LogP contribution in [0.1, 0.15) is 19.8 Å². The number of halogens is 2. The lowest BCUT2D eigenvalue weighted by Crippen LogP contribution is -2.57. The lowest BCUT2D eigenvalue weighted by Gasteiger charge is -2.40. The molecule has 0 radical (unpaired) electrons. The molecule has 1 aliphatic heterocycles. The molecule has 2 heterocycles. The van der Waals surface area contributed by atoms with Gasteiger partial charge in [-0.25, -0.2) is 14.8 Å². The van der Waals surface area contributed by atoms with E-state index in [1.807, 2.05) is 43.3 Å². The largest absolute Gasteiger partial charge is 0.449 e. The summed E-state index contributed by atoms with van der Waals surface area (Å²) in [5.41, 5.74) is 2.52. The van der Waals surface area contributed by atoms with E-state index in [9.17, 15) is 9.90 Å². The maximum atomic E-state index is 12.5. The zero-order valence-corrected chi connectivity index (χ0v) is 19.9. The average molecular weight is 489 g/mol. The Labute approximate surface area is 202 Å². The number of ether oxygens (including phenoxy) is 1. The molecule has 0 saturated carbocycles. The van der Waals surface area contributed by atoms with Gasteiger partial charge in [-0.15, -0.1) is 0 Å². The molecule has 9 heteroatoms. The van der Waals surface area contributed by atoms with Crippen molar-refractivity contribution in [1.82, 2.24) is 14.9 Å². The molecular formula is C24H26Cl2N4O3. The van der Waals surface area contributed by atoms with Crippen LogP contribution in [0.4, 0.5) is 10.6 Å². The zero-order chi connectivity index (χ0) is 23.4. The molecule has 3 aromatic rings. The van der Waals surface area contributed by atoms with Crippen molar-refractivity contribution in [3.63, 3.8) is 0 Å². The lowest BCUT2D eigenvalue weighted by atomic mass is 10.0. The number of nitrogens with zero attached hydrogens (tertiary/aromatic N) is 4. The van der Waals surface area contributed by atoms with Gasteiger partial charge in [0.15, 0.2) is 0 Å². The second kappa shape index (κ2) is 10.5. The van der Waals surface area contributed by atoms with E-state index in [-0.39, 0.29) is 18.7 Å². The predicted molar refractivity (Wildman–Crippen MR) is 131 cm³/mol. The van der Waals surface area contributed by atoms with Crippen molar-refractivity contribution in [3.05, 3.63) is 52.8 Å². The molecule has 33 heavy (non-hydrogen) atoms. The van der Waals surface area contributed by atoms with Crippen molar-refractivity contribution < 1.29 is 14.6 Å². The molecule has 1 aromatic heterocycles. The maximum absolute atomic E-state index is 12.5. The van der Waals surface area contributed by atoms with E-state index in [1.54, 1.807) is 4.90 Å². The SMILES string of the molecule is CCCCOC(=O)N1CCN(c2ncnc3cc(Cl)c(-c4ccc(Cl)cc4)cc23)CC1CO. The smallest absolute Gasteiger partial charge is 0.410 e. The number of fused-ring (bicyclic) bond motifs is 1. The molecule has 0 bridgehead atoms. The number of piperazine rings is 1. The second-order valence-corrected chi connectivity index (χ2v) is 8.84. The van der Waals surface area contributed by atoms with Crippen LogP contribution in [-0.4, -0.2) is 65.0 Å². The molecule has 1 fully saturated rings. The highest BCUT2D eigenvalue weighted by Gasteiger charge is 2.32. The summed E-state index contributed by atoms with van der Waals surface area (Å²) in [6.07, 6.45) is 2.90. The highest BCUT2D eigenvalue weighted by molar-refractivity contribution is 6.34. The fourth-order valence-electron chi connectivity index (χ4n) is 4.00. The van der Waals surface area contributed by atoms with Crippen LogP contribution in [-0.2, 0) is 4.74 Å². The van der Waals surface area contributed by atoms with Gasteiger partial charge in [0.2, 0.25) is 0 Å². The summed E-state index contributed by atoms with van der Waals surface area (Å²) in [6, 6.07) is 10.9. The summed E-state index contributed by atoms with van der Waals surface area (Å²) in [6.45, 7) is 3.69. The number of carbonyl (C=O) groups is 1. The normalized spacial score (nSPS) is 16.3. The van der Waals surface area contributed by atoms with Gasteiger partial charge in [0.1, 0.15) is 12.1 Å². The number of hydrogen-bond acceptors (Lipinski definition) is 6. The summed E-state index contributed by atoms with van der Waals surface area (Å²) >= 11 is 12.6. The van der Waals surface area contributed by atoms with Crippen molar-refractivity contribution in [3.8, 4) is 11.1 Å². The summed E-state index contributed by atoms with van der Waals surface area (Å²) in [7, 11) is 0. The Morgan fingerprint density at radius 2 is 1.97 bits per heavy atom. The number of rotatable bonds is 6. The van der Waals surface area contributed by atoms with Crippen LogP contribution in [0.2, 0.25) is 10.0 Å². The van der Waals surface area contributed by atoms with Gasteiger partial charge in [-0.3, -0.25) is 4.90 Å². The van der Waals surface area contributed by atoms with Crippen LogP contribution < -0.4 is 4.90 Å². The van der Waals surface area contributed by atoms with Crippen LogP contribution in [0.5, 0.6) is 0 Å². The minimum atomic E-state index is -0.388. The maximum Gasteiger partial charge on any atom is 0.410 e. The number of amides is 1. The number of anilines is 1. The molecule has 0 spiro atoms. The van der Waals surface area contributed by atoms with Gasteiger partial charge < -0.3 is 14.7 Å². The standard InChI is InChI=1S/C24H26Cl2N4O3/c1-2-3-10-33-24(32)30-9-8-29(13-18(30)14-31)23-20-11-19(16-4-6-17(25)7-5-16)21(26)12-22(20)27-15-28-23/h4-7,11-12,15,18,31H,2-3,8-10,13-14H2,1H3. The molecule has 7 nitrogen and oxygen atoms in total. The van der Waals surface area contributed by atoms with Crippen LogP contribution in [0.15, 0.2) is 42.7 Å². The van der Waals surface area contributed by atoms with Gasteiger partial charge in [-0.05, 0) is 36.2 Å². The molecular weight excluding hydrogens is 463 g/mol. The molecule has 1 saturated heterocycles. The Morgan fingerprint density at radius 1 is 1.18 bits per heavy atom. The van der Waals surface area contributed by atoms with E-state index in [2.05, 4.69) is 14.9 Å². The Bertz CT molecular complexity index is 1130. The number of unbranched alkanes of at least 4 members (excludes halogenated alkanes) is 1. The van der Waals surface area contributed by atoms with Gasteiger partial charge in [-0.2, -0.15) is 0 Å². The number of aliphatic hydroxyl groups is 1. The van der Waals surface area contributed by atoms with E-state index in [1.165, 1.54) is 6.33 Å². The minimum absolute atomic E-state index is 0.162. The zero-order valence-electron chi connectivity index (χ0n) is 18.4. The average Bonchev–Trinajstić information content (AvgIpc) is 2.83. The van der Waals surface area contributed by atoms with Crippen molar-refractivity contribution in [2.45, 2.75) is 25.8 Å². The number of aliphatic hydroxyl groups excluding tert-OH is 1. The Hall–Kier alpha value is -2.61. The molecule has 0 aliphatic carbocycles. The third-order valence-corrected chi connectivity index (χ3v) is 6.37. The third kappa shape index (κ3) is 5.16. The summed E-state index contributed by atoms with van der Waals surface area (Å²) in [5.74, 6) is 0.740. The van der Waals surface area contributed by atoms with Crippen LogP contribution >= 0.6 is 23.2 Å². The fraction of sp³-hybridized carbons (Fsp3) is 0.375. The van der Waals surface area contributed by atoms with E-state index in [4.69, 9.17) is 27.9 Å². The van der Waals surface area contributed by atoms with E-state index in [0.717, 1.165) is 40.7 Å². The molecule has 1 N–H and O–H groups in total. The number of benzene rings is 2. The van der Waals surface area contributed by atoms with Crippen LogP contribution in [0.25, 0.3) is 22.0 Å². The Morgan fingerprint density at radius 3 is 2.70 bits per heavy atom. The third-order valence-electron chi connectivity index (χ3n) is 5.81. The van der Waals surface area contributed by atoms with Crippen LogP contribution in [0.3, 0.4) is 0 Å². The lowest BCUT2D eigenvalue weighted by molar-refractivity contribution is 0.0632. The molecule has 174 valence electrons. The highest BCUT2D eigenvalue weighted by atomic mass is 35.5. The number of aromatic nitrogens is 2.